The zero-order valence-corrected chi connectivity index (χ0v) is 7.71. The van der Waals surface area contributed by atoms with E-state index < -0.39 is 0 Å². The molecule has 0 fully saturated rings. The van der Waals surface area contributed by atoms with Crippen LogP contribution in [0.4, 0.5) is 5.82 Å². The molecule has 0 spiro atoms. The van der Waals surface area contributed by atoms with Crippen LogP contribution in [0.25, 0.3) is 0 Å². The second-order valence-electron chi connectivity index (χ2n) is 2.84. The van der Waals surface area contributed by atoms with E-state index in [1.165, 1.54) is 0 Å². The lowest BCUT2D eigenvalue weighted by atomic mass is 10.2. The van der Waals surface area contributed by atoms with Crippen molar-refractivity contribution in [3.8, 4) is 0 Å². The van der Waals surface area contributed by atoms with Crippen LogP contribution in [-0.4, -0.2) is 16.5 Å². The second-order valence-corrected chi connectivity index (χ2v) is 2.84. The van der Waals surface area contributed by atoms with Crippen LogP contribution >= 0.6 is 0 Å². The number of aromatic nitrogens is 2. The summed E-state index contributed by atoms with van der Waals surface area (Å²) in [7, 11) is 0. The van der Waals surface area contributed by atoms with Gasteiger partial charge in [-0.2, -0.15) is 0 Å². The lowest BCUT2D eigenvalue weighted by Gasteiger charge is -1.88. The Labute approximate surface area is 81.3 Å². The van der Waals surface area contributed by atoms with Crippen molar-refractivity contribution in [1.29, 1.82) is 0 Å². The Morgan fingerprint density at radius 2 is 2.00 bits per heavy atom. The summed E-state index contributed by atoms with van der Waals surface area (Å²) < 4.78 is 4.52. The van der Waals surface area contributed by atoms with Crippen molar-refractivity contribution in [2.75, 3.05) is 0 Å². The van der Waals surface area contributed by atoms with Gasteiger partial charge in [0.1, 0.15) is 5.69 Å². The number of benzene rings is 1. The largest absolute Gasteiger partial charge is 0.242 e. The SMILES string of the molecule is Cc1nonc1N=Cc1ccccc1. The molecule has 0 aliphatic rings. The molecule has 0 atom stereocenters. The molecule has 0 radical (unpaired) electrons. The standard InChI is InChI=1S/C10H9N3O/c1-8-10(13-14-12-8)11-7-9-5-3-2-4-6-9/h2-7H,1H3. The van der Waals surface area contributed by atoms with Gasteiger partial charge in [0.25, 0.3) is 0 Å². The van der Waals surface area contributed by atoms with Crippen LogP contribution < -0.4 is 0 Å². The van der Waals surface area contributed by atoms with Gasteiger partial charge in [0.05, 0.1) is 0 Å². The fourth-order valence-corrected chi connectivity index (χ4v) is 1.02. The number of hydrogen-bond donors (Lipinski definition) is 0. The van der Waals surface area contributed by atoms with Crippen LogP contribution in [0.5, 0.6) is 0 Å². The maximum Gasteiger partial charge on any atom is 0.219 e. The fourth-order valence-electron chi connectivity index (χ4n) is 1.02. The molecule has 0 saturated carbocycles. The predicted octanol–water partition coefficient (Wildman–Crippen LogP) is 2.13. The van der Waals surface area contributed by atoms with Crippen LogP contribution in [0.2, 0.25) is 0 Å². The van der Waals surface area contributed by atoms with Crippen molar-refractivity contribution in [3.63, 3.8) is 0 Å². The number of nitrogens with zero attached hydrogens (tertiary/aromatic N) is 3. The Hall–Kier alpha value is -1.97. The molecule has 70 valence electrons. The smallest absolute Gasteiger partial charge is 0.219 e. The normalized spacial score (nSPS) is 10.9. The van der Waals surface area contributed by atoms with Crippen molar-refractivity contribution >= 4 is 12.0 Å². The second kappa shape index (κ2) is 3.83. The molecular weight excluding hydrogens is 178 g/mol. The Morgan fingerprint density at radius 1 is 1.21 bits per heavy atom. The number of hydrogen-bond acceptors (Lipinski definition) is 4. The summed E-state index contributed by atoms with van der Waals surface area (Å²) in [6.45, 7) is 1.80. The van der Waals surface area contributed by atoms with Gasteiger partial charge in [-0.3, -0.25) is 0 Å². The highest BCUT2D eigenvalue weighted by Gasteiger charge is 2.00. The molecule has 4 nitrogen and oxygen atoms in total. The minimum atomic E-state index is 0.522. The zero-order valence-electron chi connectivity index (χ0n) is 7.71. The first kappa shape index (κ1) is 8.62. The van der Waals surface area contributed by atoms with Gasteiger partial charge in [-0.05, 0) is 17.6 Å². The van der Waals surface area contributed by atoms with Crippen LogP contribution in [0.3, 0.4) is 0 Å². The minimum absolute atomic E-state index is 0.522. The monoisotopic (exact) mass is 187 g/mol. The van der Waals surface area contributed by atoms with Crippen molar-refractivity contribution in [3.05, 3.63) is 41.6 Å². The molecule has 1 aromatic carbocycles. The van der Waals surface area contributed by atoms with E-state index in [-0.39, 0.29) is 0 Å². The molecule has 0 saturated heterocycles. The van der Waals surface area contributed by atoms with Gasteiger partial charge in [-0.25, -0.2) is 9.62 Å². The molecule has 0 aliphatic carbocycles. The number of aliphatic imine (C=N–C) groups is 1. The van der Waals surface area contributed by atoms with E-state index >= 15 is 0 Å². The Morgan fingerprint density at radius 3 is 2.64 bits per heavy atom. The molecule has 0 unspecified atom stereocenters. The summed E-state index contributed by atoms with van der Waals surface area (Å²) in [6, 6.07) is 9.80. The van der Waals surface area contributed by atoms with E-state index in [0.717, 1.165) is 5.56 Å². The summed E-state index contributed by atoms with van der Waals surface area (Å²) in [4.78, 5) is 4.14. The summed E-state index contributed by atoms with van der Waals surface area (Å²) in [5.41, 5.74) is 1.71. The van der Waals surface area contributed by atoms with Crippen molar-refractivity contribution < 1.29 is 4.63 Å². The Balaban J connectivity index is 2.20. The quantitative estimate of drug-likeness (QED) is 0.676. The summed E-state index contributed by atoms with van der Waals surface area (Å²) in [5, 5.41) is 7.28. The molecule has 0 bridgehead atoms. The molecule has 2 aromatic rings. The number of aryl methyl sites for hydroxylation is 1. The van der Waals surface area contributed by atoms with Gasteiger partial charge in [0.2, 0.25) is 5.82 Å². The fraction of sp³-hybridized carbons (Fsp3) is 0.100. The topological polar surface area (TPSA) is 51.3 Å². The molecule has 0 amide bonds. The average molecular weight is 187 g/mol. The highest BCUT2D eigenvalue weighted by Crippen LogP contribution is 2.11. The van der Waals surface area contributed by atoms with E-state index in [1.54, 1.807) is 13.1 Å². The van der Waals surface area contributed by atoms with Gasteiger partial charge >= 0.3 is 0 Å². The third kappa shape index (κ3) is 1.85. The van der Waals surface area contributed by atoms with Crippen molar-refractivity contribution in [2.45, 2.75) is 6.92 Å². The first-order valence-corrected chi connectivity index (χ1v) is 4.24. The number of rotatable bonds is 2. The van der Waals surface area contributed by atoms with Crippen LogP contribution in [0.15, 0.2) is 40.0 Å². The Kier molecular flexibility index (Phi) is 2.36. The molecule has 1 heterocycles. The average Bonchev–Trinajstić information content (AvgIpc) is 2.63. The van der Waals surface area contributed by atoms with Gasteiger partial charge in [0, 0.05) is 6.21 Å². The van der Waals surface area contributed by atoms with Gasteiger partial charge in [0.15, 0.2) is 0 Å². The maximum absolute atomic E-state index is 4.52. The first-order valence-electron chi connectivity index (χ1n) is 4.24. The lowest BCUT2D eigenvalue weighted by Crippen LogP contribution is -1.78. The summed E-state index contributed by atoms with van der Waals surface area (Å²) in [5.74, 6) is 0.522. The van der Waals surface area contributed by atoms with E-state index in [9.17, 15) is 0 Å². The van der Waals surface area contributed by atoms with Crippen LogP contribution in [0.1, 0.15) is 11.3 Å². The van der Waals surface area contributed by atoms with Crippen LogP contribution in [-0.2, 0) is 0 Å². The molecule has 0 N–H and O–H groups in total. The van der Waals surface area contributed by atoms with Gasteiger partial charge in [-0.15, -0.1) is 0 Å². The highest BCUT2D eigenvalue weighted by atomic mass is 16.6. The molecule has 2 rings (SSSR count). The first-order chi connectivity index (χ1) is 6.86. The minimum Gasteiger partial charge on any atom is -0.242 e. The van der Waals surface area contributed by atoms with E-state index in [4.69, 9.17) is 0 Å². The van der Waals surface area contributed by atoms with Gasteiger partial charge < -0.3 is 0 Å². The molecule has 1 aromatic heterocycles. The van der Waals surface area contributed by atoms with E-state index in [2.05, 4.69) is 19.9 Å². The van der Waals surface area contributed by atoms with E-state index in [0.29, 0.717) is 11.5 Å². The zero-order chi connectivity index (χ0) is 9.80. The maximum atomic E-state index is 4.52. The van der Waals surface area contributed by atoms with Crippen molar-refractivity contribution in [1.82, 2.24) is 10.3 Å². The lowest BCUT2D eigenvalue weighted by molar-refractivity contribution is 0.306. The predicted molar refractivity (Wildman–Crippen MR) is 52.7 cm³/mol. The summed E-state index contributed by atoms with van der Waals surface area (Å²) in [6.07, 6.45) is 1.73. The molecular formula is C10H9N3O. The van der Waals surface area contributed by atoms with Gasteiger partial charge in [-0.1, -0.05) is 35.5 Å². The summed E-state index contributed by atoms with van der Waals surface area (Å²) >= 11 is 0. The third-order valence-electron chi connectivity index (χ3n) is 1.76. The molecule has 4 heteroatoms. The molecule has 14 heavy (non-hydrogen) atoms. The molecule has 0 aliphatic heterocycles. The highest BCUT2D eigenvalue weighted by molar-refractivity contribution is 5.81. The van der Waals surface area contributed by atoms with E-state index in [1.807, 2.05) is 30.3 Å². The third-order valence-corrected chi connectivity index (χ3v) is 1.76. The Bertz CT molecular complexity index is 434. The van der Waals surface area contributed by atoms with Crippen molar-refractivity contribution in [2.24, 2.45) is 4.99 Å². The van der Waals surface area contributed by atoms with Crippen LogP contribution in [0, 0.1) is 6.92 Å².